The van der Waals surface area contributed by atoms with Gasteiger partial charge < -0.3 is 10.1 Å². The molecule has 2 aromatic rings. The number of hydrogen-bond donors (Lipinski definition) is 2. The Labute approximate surface area is 148 Å². The highest BCUT2D eigenvalue weighted by Gasteiger charge is 2.14. The molecule has 0 spiro atoms. The lowest BCUT2D eigenvalue weighted by molar-refractivity contribution is 0.0953. The molecule has 134 valence electrons. The normalized spacial score (nSPS) is 11.0. The summed E-state index contributed by atoms with van der Waals surface area (Å²) in [7, 11) is -3.70. The molecule has 2 aromatic carbocycles. The van der Waals surface area contributed by atoms with E-state index in [9.17, 15) is 13.2 Å². The summed E-state index contributed by atoms with van der Waals surface area (Å²) >= 11 is 0. The van der Waals surface area contributed by atoms with Crippen molar-refractivity contribution < 1.29 is 17.9 Å². The van der Waals surface area contributed by atoms with Crippen LogP contribution < -0.4 is 14.8 Å². The van der Waals surface area contributed by atoms with Gasteiger partial charge in [-0.25, -0.2) is 8.42 Å². The molecule has 25 heavy (non-hydrogen) atoms. The van der Waals surface area contributed by atoms with E-state index in [-0.39, 0.29) is 10.8 Å². The molecule has 2 rings (SSSR count). The lowest BCUT2D eigenvalue weighted by Gasteiger charge is -2.10. The molecule has 1 amide bonds. The number of amides is 1. The Balaban J connectivity index is 2.08. The first-order valence-corrected chi connectivity index (χ1v) is 9.58. The molecule has 0 saturated carbocycles. The van der Waals surface area contributed by atoms with E-state index in [2.05, 4.69) is 10.0 Å². The van der Waals surface area contributed by atoms with Gasteiger partial charge in [0.05, 0.1) is 11.5 Å². The topological polar surface area (TPSA) is 84.5 Å². The van der Waals surface area contributed by atoms with Crippen molar-refractivity contribution in [3.05, 3.63) is 54.1 Å². The molecule has 2 N–H and O–H groups in total. The third-order valence-corrected chi connectivity index (χ3v) is 4.78. The van der Waals surface area contributed by atoms with E-state index in [0.717, 1.165) is 6.42 Å². The Morgan fingerprint density at radius 1 is 1.00 bits per heavy atom. The average Bonchev–Trinajstić information content (AvgIpc) is 2.61. The molecule has 6 nitrogen and oxygen atoms in total. The third-order valence-electron chi connectivity index (χ3n) is 3.38. The van der Waals surface area contributed by atoms with Gasteiger partial charge in [-0.15, -0.1) is 0 Å². The molecular formula is C18H22N2O4S. The first kappa shape index (κ1) is 18.8. The second-order valence-electron chi connectivity index (χ2n) is 5.34. The van der Waals surface area contributed by atoms with Crippen LogP contribution in [0.4, 0.5) is 5.69 Å². The Morgan fingerprint density at radius 3 is 2.20 bits per heavy atom. The van der Waals surface area contributed by atoms with Crippen molar-refractivity contribution in [3.8, 4) is 5.75 Å². The average molecular weight is 362 g/mol. The van der Waals surface area contributed by atoms with Crippen LogP contribution in [-0.4, -0.2) is 27.5 Å². The van der Waals surface area contributed by atoms with Gasteiger partial charge in [0.2, 0.25) is 0 Å². The number of carbonyl (C=O) groups is 1. The largest absolute Gasteiger partial charge is 0.494 e. The van der Waals surface area contributed by atoms with E-state index in [1.54, 1.807) is 36.4 Å². The van der Waals surface area contributed by atoms with Gasteiger partial charge >= 0.3 is 0 Å². The summed E-state index contributed by atoms with van der Waals surface area (Å²) in [6, 6.07) is 12.5. The summed E-state index contributed by atoms with van der Waals surface area (Å²) < 4.78 is 32.6. The van der Waals surface area contributed by atoms with Crippen molar-refractivity contribution in [2.75, 3.05) is 17.9 Å². The quantitative estimate of drug-likeness (QED) is 0.756. The number of ether oxygens (including phenoxy) is 1. The maximum absolute atomic E-state index is 12.4. The monoisotopic (exact) mass is 362 g/mol. The zero-order valence-corrected chi connectivity index (χ0v) is 15.1. The van der Waals surface area contributed by atoms with Crippen molar-refractivity contribution in [2.24, 2.45) is 0 Å². The minimum absolute atomic E-state index is 0.140. The fourth-order valence-electron chi connectivity index (χ4n) is 2.13. The van der Waals surface area contributed by atoms with Crippen LogP contribution in [0.5, 0.6) is 5.75 Å². The van der Waals surface area contributed by atoms with E-state index in [1.807, 2.05) is 13.8 Å². The number of hydrogen-bond acceptors (Lipinski definition) is 4. The first-order valence-electron chi connectivity index (χ1n) is 8.10. The van der Waals surface area contributed by atoms with Gasteiger partial charge in [0.15, 0.2) is 0 Å². The predicted octanol–water partition coefficient (Wildman–Crippen LogP) is 3.03. The highest BCUT2D eigenvalue weighted by atomic mass is 32.2. The molecule has 0 radical (unpaired) electrons. The van der Waals surface area contributed by atoms with E-state index >= 15 is 0 Å². The number of benzene rings is 2. The minimum atomic E-state index is -3.70. The number of sulfonamides is 1. The zero-order valence-electron chi connectivity index (χ0n) is 14.3. The van der Waals surface area contributed by atoms with E-state index in [4.69, 9.17) is 4.74 Å². The summed E-state index contributed by atoms with van der Waals surface area (Å²) in [5.41, 5.74) is 0.874. The molecule has 0 aromatic heterocycles. The van der Waals surface area contributed by atoms with E-state index in [0.29, 0.717) is 30.2 Å². The molecule has 0 fully saturated rings. The maximum Gasteiger partial charge on any atom is 0.261 e. The van der Waals surface area contributed by atoms with Crippen molar-refractivity contribution in [1.29, 1.82) is 0 Å². The van der Waals surface area contributed by atoms with Gasteiger partial charge in [0, 0.05) is 17.8 Å². The minimum Gasteiger partial charge on any atom is -0.494 e. The summed E-state index contributed by atoms with van der Waals surface area (Å²) in [4.78, 5) is 12.0. The fraction of sp³-hybridized carbons (Fsp3) is 0.278. The number of nitrogens with one attached hydrogen (secondary N) is 2. The lowest BCUT2D eigenvalue weighted by Crippen LogP contribution is -2.23. The third kappa shape index (κ3) is 5.22. The second-order valence-corrected chi connectivity index (χ2v) is 7.03. The Kier molecular flexibility index (Phi) is 6.41. The highest BCUT2D eigenvalue weighted by Crippen LogP contribution is 2.19. The Bertz CT molecular complexity index is 800. The Morgan fingerprint density at radius 2 is 1.64 bits per heavy atom. The smallest absolute Gasteiger partial charge is 0.261 e. The molecule has 0 heterocycles. The number of carbonyl (C=O) groups excluding carboxylic acids is 1. The first-order chi connectivity index (χ1) is 12.0. The molecule has 0 unspecified atom stereocenters. The molecule has 0 saturated heterocycles. The van der Waals surface area contributed by atoms with Crippen molar-refractivity contribution in [3.63, 3.8) is 0 Å². The van der Waals surface area contributed by atoms with Gasteiger partial charge in [-0.1, -0.05) is 6.92 Å². The standard InChI is InChI=1S/C18H22N2O4S/c1-3-13-19-18(21)14-5-7-15(8-6-14)20-25(22,23)17-11-9-16(10-12-17)24-4-2/h5-12,20H,3-4,13H2,1-2H3,(H,19,21). The van der Waals surface area contributed by atoms with Crippen LogP contribution in [-0.2, 0) is 10.0 Å². The van der Waals surface area contributed by atoms with E-state index in [1.165, 1.54) is 12.1 Å². The molecule has 0 aliphatic rings. The van der Waals surface area contributed by atoms with Gasteiger partial charge in [-0.3, -0.25) is 9.52 Å². The van der Waals surface area contributed by atoms with Crippen LogP contribution in [0.1, 0.15) is 30.6 Å². The highest BCUT2D eigenvalue weighted by molar-refractivity contribution is 7.92. The van der Waals surface area contributed by atoms with Gasteiger partial charge in [0.1, 0.15) is 5.75 Å². The fourth-order valence-corrected chi connectivity index (χ4v) is 3.18. The van der Waals surface area contributed by atoms with Crippen LogP contribution in [0.2, 0.25) is 0 Å². The van der Waals surface area contributed by atoms with Crippen molar-refractivity contribution in [1.82, 2.24) is 5.32 Å². The van der Waals surface area contributed by atoms with Crippen LogP contribution >= 0.6 is 0 Å². The summed E-state index contributed by atoms with van der Waals surface area (Å²) in [5.74, 6) is 0.437. The maximum atomic E-state index is 12.4. The SMILES string of the molecule is CCCNC(=O)c1ccc(NS(=O)(=O)c2ccc(OCC)cc2)cc1. The van der Waals surface area contributed by atoms with E-state index < -0.39 is 10.0 Å². The molecule has 0 atom stereocenters. The lowest BCUT2D eigenvalue weighted by atomic mass is 10.2. The van der Waals surface area contributed by atoms with Crippen molar-refractivity contribution in [2.45, 2.75) is 25.2 Å². The van der Waals surface area contributed by atoms with Crippen molar-refractivity contribution >= 4 is 21.6 Å². The van der Waals surface area contributed by atoms with Crippen LogP contribution in [0.25, 0.3) is 0 Å². The molecular weight excluding hydrogens is 340 g/mol. The summed E-state index contributed by atoms with van der Waals surface area (Å²) in [6.07, 6.45) is 0.853. The zero-order chi connectivity index (χ0) is 18.3. The van der Waals surface area contributed by atoms with Gasteiger partial charge in [-0.2, -0.15) is 0 Å². The van der Waals surface area contributed by atoms with Crippen LogP contribution in [0.15, 0.2) is 53.4 Å². The molecule has 0 aliphatic carbocycles. The van der Waals surface area contributed by atoms with Gasteiger partial charge in [-0.05, 0) is 61.9 Å². The number of rotatable bonds is 8. The second kappa shape index (κ2) is 8.53. The Hall–Kier alpha value is -2.54. The summed E-state index contributed by atoms with van der Waals surface area (Å²) in [6.45, 7) is 4.95. The van der Waals surface area contributed by atoms with Crippen LogP contribution in [0.3, 0.4) is 0 Å². The predicted molar refractivity (Wildman–Crippen MR) is 97.5 cm³/mol. The van der Waals surface area contributed by atoms with Gasteiger partial charge in [0.25, 0.3) is 15.9 Å². The summed E-state index contributed by atoms with van der Waals surface area (Å²) in [5, 5.41) is 2.77. The molecule has 0 aliphatic heterocycles. The molecule has 0 bridgehead atoms. The molecule has 7 heteroatoms. The van der Waals surface area contributed by atoms with Crippen LogP contribution in [0, 0.1) is 0 Å². The number of anilines is 1.